The van der Waals surface area contributed by atoms with Gasteiger partial charge < -0.3 is 28.8 Å². The third kappa shape index (κ3) is 6.63. The highest BCUT2D eigenvalue weighted by molar-refractivity contribution is 5.90. The van der Waals surface area contributed by atoms with Crippen LogP contribution in [0.25, 0.3) is 0 Å². The van der Waals surface area contributed by atoms with Crippen LogP contribution in [0, 0.1) is 0 Å². The molecule has 1 heterocycles. The lowest BCUT2D eigenvalue weighted by Crippen LogP contribution is -2.46. The smallest absolute Gasteiger partial charge is 0.338 e. The van der Waals surface area contributed by atoms with Crippen molar-refractivity contribution in [2.75, 3.05) is 13.2 Å². The Morgan fingerprint density at radius 2 is 1.29 bits per heavy atom. The van der Waals surface area contributed by atoms with E-state index in [4.69, 9.17) is 23.7 Å². The molecule has 0 bridgehead atoms. The summed E-state index contributed by atoms with van der Waals surface area (Å²) in [6, 6.07) is 24.7. The third-order valence-electron chi connectivity index (χ3n) is 5.84. The van der Waals surface area contributed by atoms with Crippen molar-refractivity contribution in [2.24, 2.45) is 0 Å². The molecule has 198 valence electrons. The Balaban J connectivity index is 1.59. The van der Waals surface area contributed by atoms with Crippen molar-refractivity contribution in [3.63, 3.8) is 0 Å². The number of aliphatic hydroxyl groups excluding tert-OH is 1. The van der Waals surface area contributed by atoms with Crippen molar-refractivity contribution in [2.45, 2.75) is 37.6 Å². The number of hydrogen-bond donors (Lipinski definition) is 1. The van der Waals surface area contributed by atoms with Crippen LogP contribution in [0.3, 0.4) is 0 Å². The Hall–Kier alpha value is -4.05. The number of carbonyl (C=O) groups excluding carboxylic acids is 3. The maximum absolute atomic E-state index is 12.9. The fraction of sp³-hybridized carbons (Fsp3) is 0.276. The molecule has 0 aromatic heterocycles. The molecule has 3 aromatic rings. The second kappa shape index (κ2) is 13.0. The molecule has 0 radical (unpaired) electrons. The van der Waals surface area contributed by atoms with E-state index in [1.54, 1.807) is 97.9 Å². The Labute approximate surface area is 219 Å². The Morgan fingerprint density at radius 1 is 0.789 bits per heavy atom. The number of benzene rings is 3. The van der Waals surface area contributed by atoms with Crippen LogP contribution < -0.4 is 0 Å². The molecule has 1 saturated heterocycles. The van der Waals surface area contributed by atoms with Crippen LogP contribution in [0.15, 0.2) is 91.0 Å². The summed E-state index contributed by atoms with van der Waals surface area (Å²) in [5.74, 6) is -2.07. The molecule has 9 nitrogen and oxygen atoms in total. The van der Waals surface area contributed by atoms with Gasteiger partial charge in [0.25, 0.3) is 0 Å². The number of hydrogen-bond acceptors (Lipinski definition) is 9. The first kappa shape index (κ1) is 27.0. The van der Waals surface area contributed by atoms with Crippen molar-refractivity contribution in [1.82, 2.24) is 0 Å². The zero-order chi connectivity index (χ0) is 26.9. The van der Waals surface area contributed by atoms with Gasteiger partial charge in [-0.25, -0.2) is 14.4 Å². The molecule has 0 saturated carbocycles. The van der Waals surface area contributed by atoms with Crippen LogP contribution in [-0.2, 0) is 23.7 Å². The van der Waals surface area contributed by atoms with E-state index in [-0.39, 0.29) is 17.7 Å². The van der Waals surface area contributed by atoms with Crippen molar-refractivity contribution < 1.29 is 43.2 Å². The molecule has 0 aliphatic carbocycles. The van der Waals surface area contributed by atoms with Crippen LogP contribution in [0.5, 0.6) is 0 Å². The SMILES string of the molecule is CCO[C@@H]1O[C@@H]([C@H](COC(=O)c2ccccc2)OC(=O)c2ccccc2)[C@@H](OC(=O)c2ccccc2)[C@H]1O. The van der Waals surface area contributed by atoms with Crippen LogP contribution in [-0.4, -0.2) is 66.9 Å². The van der Waals surface area contributed by atoms with Crippen LogP contribution in [0.4, 0.5) is 0 Å². The molecule has 1 aliphatic heterocycles. The first-order chi connectivity index (χ1) is 18.5. The van der Waals surface area contributed by atoms with E-state index in [1.807, 2.05) is 0 Å². The second-order valence-corrected chi connectivity index (χ2v) is 8.43. The molecular formula is C29H28O9. The Kier molecular flexibility index (Phi) is 9.21. The van der Waals surface area contributed by atoms with Gasteiger partial charge in [0.05, 0.1) is 16.7 Å². The predicted molar refractivity (Wildman–Crippen MR) is 134 cm³/mol. The lowest BCUT2D eigenvalue weighted by Gasteiger charge is -2.27. The van der Waals surface area contributed by atoms with Gasteiger partial charge in [0.15, 0.2) is 18.5 Å². The van der Waals surface area contributed by atoms with Gasteiger partial charge in [-0.15, -0.1) is 0 Å². The van der Waals surface area contributed by atoms with Crippen LogP contribution >= 0.6 is 0 Å². The van der Waals surface area contributed by atoms with Gasteiger partial charge in [0.1, 0.15) is 18.8 Å². The molecule has 1 fully saturated rings. The molecular weight excluding hydrogens is 492 g/mol. The highest BCUT2D eigenvalue weighted by Gasteiger charge is 2.52. The van der Waals surface area contributed by atoms with Gasteiger partial charge >= 0.3 is 17.9 Å². The topological polar surface area (TPSA) is 118 Å². The average molecular weight is 521 g/mol. The third-order valence-corrected chi connectivity index (χ3v) is 5.84. The lowest BCUT2D eigenvalue weighted by molar-refractivity contribution is -0.178. The summed E-state index contributed by atoms with van der Waals surface area (Å²) < 4.78 is 28.1. The van der Waals surface area contributed by atoms with E-state index in [0.29, 0.717) is 5.56 Å². The number of rotatable bonds is 10. The van der Waals surface area contributed by atoms with Crippen LogP contribution in [0.2, 0.25) is 0 Å². The molecule has 0 unspecified atom stereocenters. The summed E-state index contributed by atoms with van der Waals surface area (Å²) in [5, 5.41) is 10.9. The summed E-state index contributed by atoms with van der Waals surface area (Å²) in [5.41, 5.74) is 0.809. The van der Waals surface area contributed by atoms with Gasteiger partial charge in [0.2, 0.25) is 0 Å². The first-order valence-corrected chi connectivity index (χ1v) is 12.2. The highest BCUT2D eigenvalue weighted by atomic mass is 16.7. The van der Waals surface area contributed by atoms with Crippen molar-refractivity contribution >= 4 is 17.9 Å². The molecule has 4 rings (SSSR count). The molecule has 0 spiro atoms. The van der Waals surface area contributed by atoms with E-state index in [0.717, 1.165) is 0 Å². The van der Waals surface area contributed by atoms with Crippen LogP contribution in [0.1, 0.15) is 38.0 Å². The van der Waals surface area contributed by atoms with Gasteiger partial charge in [-0.05, 0) is 43.3 Å². The Bertz CT molecular complexity index is 1200. The fourth-order valence-corrected chi connectivity index (χ4v) is 3.96. The summed E-state index contributed by atoms with van der Waals surface area (Å²) in [4.78, 5) is 38.4. The number of esters is 3. The average Bonchev–Trinajstić information content (AvgIpc) is 3.26. The van der Waals surface area contributed by atoms with Crippen molar-refractivity contribution in [3.8, 4) is 0 Å². The van der Waals surface area contributed by atoms with E-state index in [1.165, 1.54) is 0 Å². The van der Waals surface area contributed by atoms with Gasteiger partial charge in [-0.2, -0.15) is 0 Å². The van der Waals surface area contributed by atoms with Crippen molar-refractivity contribution in [3.05, 3.63) is 108 Å². The predicted octanol–water partition coefficient (Wildman–Crippen LogP) is 3.42. The molecule has 1 aliphatic rings. The molecule has 5 atom stereocenters. The summed E-state index contributed by atoms with van der Waals surface area (Å²) >= 11 is 0. The standard InChI is InChI=1S/C29H28O9/c1-2-34-29-23(30)25(37-28(33)21-16-10-5-11-17-21)24(38-29)22(36-27(32)20-14-8-4-9-15-20)18-35-26(31)19-12-6-3-7-13-19/h3-17,22-25,29-30H,2,18H2,1H3/t22-,23+,24-,25-,29+/m0/s1. The molecule has 9 heteroatoms. The van der Waals surface area contributed by atoms with Crippen molar-refractivity contribution in [1.29, 1.82) is 0 Å². The second-order valence-electron chi connectivity index (χ2n) is 8.43. The normalized spacial score (nSPS) is 21.3. The van der Waals surface area contributed by atoms with E-state index >= 15 is 0 Å². The van der Waals surface area contributed by atoms with Gasteiger partial charge in [-0.3, -0.25) is 0 Å². The maximum Gasteiger partial charge on any atom is 0.338 e. The quantitative estimate of drug-likeness (QED) is 0.317. The van der Waals surface area contributed by atoms with E-state index in [9.17, 15) is 19.5 Å². The minimum atomic E-state index is -1.39. The summed E-state index contributed by atoms with van der Waals surface area (Å²) in [7, 11) is 0. The lowest BCUT2D eigenvalue weighted by atomic mass is 10.1. The number of carbonyl (C=O) groups is 3. The number of aliphatic hydroxyl groups is 1. The minimum absolute atomic E-state index is 0.200. The monoisotopic (exact) mass is 520 g/mol. The molecule has 0 amide bonds. The number of ether oxygens (including phenoxy) is 5. The van der Waals surface area contributed by atoms with E-state index in [2.05, 4.69) is 0 Å². The summed E-state index contributed by atoms with van der Waals surface area (Å²) in [6.07, 6.45) is -6.30. The highest BCUT2D eigenvalue weighted by Crippen LogP contribution is 2.30. The largest absolute Gasteiger partial charge is 0.458 e. The van der Waals surface area contributed by atoms with Gasteiger partial charge in [-0.1, -0.05) is 54.6 Å². The maximum atomic E-state index is 12.9. The minimum Gasteiger partial charge on any atom is -0.458 e. The zero-order valence-electron chi connectivity index (χ0n) is 20.7. The summed E-state index contributed by atoms with van der Waals surface area (Å²) in [6.45, 7) is 1.48. The zero-order valence-corrected chi connectivity index (χ0v) is 20.7. The fourth-order valence-electron chi connectivity index (χ4n) is 3.96. The van der Waals surface area contributed by atoms with Gasteiger partial charge in [0, 0.05) is 6.61 Å². The Morgan fingerprint density at radius 3 is 1.82 bits per heavy atom. The molecule has 3 aromatic carbocycles. The molecule has 38 heavy (non-hydrogen) atoms. The first-order valence-electron chi connectivity index (χ1n) is 12.2. The molecule has 1 N–H and O–H groups in total. The van der Waals surface area contributed by atoms with E-state index < -0.39 is 55.2 Å².